The second kappa shape index (κ2) is 5.69. The number of nitrogens with zero attached hydrogens (tertiary/aromatic N) is 1. The van der Waals surface area contributed by atoms with Crippen molar-refractivity contribution in [1.82, 2.24) is 4.98 Å². The number of hydrogen-bond donors (Lipinski definition) is 1. The van der Waals surface area contributed by atoms with Gasteiger partial charge in [0.25, 0.3) is 0 Å². The van der Waals surface area contributed by atoms with E-state index in [1.165, 1.54) is 18.2 Å². The zero-order chi connectivity index (χ0) is 14.6. The lowest BCUT2D eigenvalue weighted by atomic mass is 10.1. The van der Waals surface area contributed by atoms with Crippen molar-refractivity contribution in [2.45, 2.75) is 20.0 Å². The maximum absolute atomic E-state index is 12.5. The third-order valence-corrected chi connectivity index (χ3v) is 2.24. The van der Waals surface area contributed by atoms with Gasteiger partial charge in [-0.25, -0.2) is 9.78 Å². The molecule has 1 heterocycles. The van der Waals surface area contributed by atoms with E-state index >= 15 is 0 Å². The molecule has 19 heavy (non-hydrogen) atoms. The van der Waals surface area contributed by atoms with Crippen LogP contribution in [0.15, 0.2) is 30.3 Å². The Morgan fingerprint density at radius 2 is 1.79 bits per heavy atom. The van der Waals surface area contributed by atoms with Gasteiger partial charge in [0, 0.05) is 5.39 Å². The first-order valence-corrected chi connectivity index (χ1v) is 5.60. The molecule has 2 aromatic rings. The van der Waals surface area contributed by atoms with Crippen LogP contribution in [0.4, 0.5) is 13.2 Å². The van der Waals surface area contributed by atoms with Crippen molar-refractivity contribution in [2.75, 3.05) is 0 Å². The van der Waals surface area contributed by atoms with Crippen molar-refractivity contribution >= 4 is 16.9 Å². The summed E-state index contributed by atoms with van der Waals surface area (Å²) in [7, 11) is 0. The number of alkyl halides is 3. The highest BCUT2D eigenvalue weighted by Crippen LogP contribution is 2.30. The fourth-order valence-corrected chi connectivity index (χ4v) is 1.50. The van der Waals surface area contributed by atoms with Crippen molar-refractivity contribution in [1.29, 1.82) is 0 Å². The van der Waals surface area contributed by atoms with Gasteiger partial charge < -0.3 is 5.11 Å². The second-order valence-electron chi connectivity index (χ2n) is 3.38. The Morgan fingerprint density at radius 3 is 2.32 bits per heavy atom. The molecule has 0 spiro atoms. The summed E-state index contributed by atoms with van der Waals surface area (Å²) in [5, 5.41) is 9.07. The van der Waals surface area contributed by atoms with E-state index in [0.717, 1.165) is 0 Å². The number of rotatable bonds is 1. The van der Waals surface area contributed by atoms with E-state index < -0.39 is 23.4 Å². The smallest absolute Gasteiger partial charge is 0.433 e. The number of para-hydroxylation sites is 1. The molecule has 0 aliphatic rings. The topological polar surface area (TPSA) is 50.2 Å². The van der Waals surface area contributed by atoms with E-state index in [9.17, 15) is 18.0 Å². The molecule has 0 radical (unpaired) electrons. The molecular weight excluding hydrogens is 259 g/mol. The number of aromatic nitrogens is 1. The van der Waals surface area contributed by atoms with Crippen LogP contribution in [0.3, 0.4) is 0 Å². The average molecular weight is 271 g/mol. The third kappa shape index (κ3) is 3.21. The molecule has 2 rings (SSSR count). The van der Waals surface area contributed by atoms with E-state index in [0.29, 0.717) is 6.07 Å². The largest absolute Gasteiger partial charge is 0.478 e. The minimum Gasteiger partial charge on any atom is -0.478 e. The monoisotopic (exact) mass is 271 g/mol. The molecule has 6 heteroatoms. The summed E-state index contributed by atoms with van der Waals surface area (Å²) in [6.45, 7) is 4.00. The van der Waals surface area contributed by atoms with Crippen LogP contribution in [-0.2, 0) is 6.18 Å². The standard InChI is InChI=1S/C11H6F3NO2.C2H6/c12-11(13,14)9-5-7(10(16)17)6-3-1-2-4-8(6)15-9;1-2/h1-5H,(H,16,17);1-2H3. The van der Waals surface area contributed by atoms with Crippen LogP contribution in [0.2, 0.25) is 0 Å². The minimum atomic E-state index is -4.66. The molecule has 0 aliphatic carbocycles. The fraction of sp³-hybridized carbons (Fsp3) is 0.231. The Balaban J connectivity index is 0.000000861. The summed E-state index contributed by atoms with van der Waals surface area (Å²) in [5.74, 6) is -1.41. The van der Waals surface area contributed by atoms with Crippen molar-refractivity contribution in [3.8, 4) is 0 Å². The molecule has 0 aliphatic heterocycles. The van der Waals surface area contributed by atoms with Crippen molar-refractivity contribution in [2.24, 2.45) is 0 Å². The highest BCUT2D eigenvalue weighted by molar-refractivity contribution is 6.02. The number of hydrogen-bond acceptors (Lipinski definition) is 2. The molecule has 0 unspecified atom stereocenters. The summed E-state index contributed by atoms with van der Waals surface area (Å²) < 4.78 is 37.5. The van der Waals surface area contributed by atoms with E-state index in [4.69, 9.17) is 5.11 Å². The van der Waals surface area contributed by atoms with Gasteiger partial charge in [-0.2, -0.15) is 13.2 Å². The zero-order valence-corrected chi connectivity index (χ0v) is 10.3. The number of carboxylic acid groups (broad SMARTS) is 1. The molecule has 1 aromatic carbocycles. The molecule has 0 bridgehead atoms. The van der Waals surface area contributed by atoms with Gasteiger partial charge in [0.2, 0.25) is 0 Å². The molecule has 0 saturated carbocycles. The van der Waals surface area contributed by atoms with Gasteiger partial charge in [-0.3, -0.25) is 0 Å². The first kappa shape index (κ1) is 14.9. The molecule has 0 atom stereocenters. The molecule has 0 fully saturated rings. The maximum Gasteiger partial charge on any atom is 0.433 e. The van der Waals surface area contributed by atoms with E-state index in [1.807, 2.05) is 13.8 Å². The van der Waals surface area contributed by atoms with E-state index in [2.05, 4.69) is 4.98 Å². The lowest BCUT2D eigenvalue weighted by Crippen LogP contribution is -2.11. The van der Waals surface area contributed by atoms with Crippen LogP contribution < -0.4 is 0 Å². The van der Waals surface area contributed by atoms with Gasteiger partial charge in [0.05, 0.1) is 11.1 Å². The lowest BCUT2D eigenvalue weighted by Gasteiger charge is -2.09. The quantitative estimate of drug-likeness (QED) is 0.853. The van der Waals surface area contributed by atoms with Crippen molar-refractivity contribution < 1.29 is 23.1 Å². The average Bonchev–Trinajstić information content (AvgIpc) is 2.38. The number of halogens is 3. The maximum atomic E-state index is 12.5. The van der Waals surface area contributed by atoms with Crippen LogP contribution in [-0.4, -0.2) is 16.1 Å². The van der Waals surface area contributed by atoms with Crippen molar-refractivity contribution in [3.05, 3.63) is 41.6 Å². The number of fused-ring (bicyclic) bond motifs is 1. The molecule has 0 amide bonds. The summed E-state index contributed by atoms with van der Waals surface area (Å²) in [5.41, 5.74) is -1.59. The van der Waals surface area contributed by atoms with Crippen LogP contribution in [0, 0.1) is 0 Å². The van der Waals surface area contributed by atoms with Crippen LogP contribution in [0.25, 0.3) is 10.9 Å². The molecule has 102 valence electrons. The van der Waals surface area contributed by atoms with Crippen LogP contribution in [0.5, 0.6) is 0 Å². The third-order valence-electron chi connectivity index (χ3n) is 2.24. The first-order valence-electron chi connectivity index (χ1n) is 5.60. The highest BCUT2D eigenvalue weighted by atomic mass is 19.4. The van der Waals surface area contributed by atoms with E-state index in [1.54, 1.807) is 6.07 Å². The van der Waals surface area contributed by atoms with Crippen molar-refractivity contribution in [3.63, 3.8) is 0 Å². The Bertz CT molecular complexity index is 594. The fourth-order valence-electron chi connectivity index (χ4n) is 1.50. The van der Waals surface area contributed by atoms with Crippen LogP contribution in [0.1, 0.15) is 29.9 Å². The van der Waals surface area contributed by atoms with Crippen LogP contribution >= 0.6 is 0 Å². The summed E-state index contributed by atoms with van der Waals surface area (Å²) in [4.78, 5) is 14.3. The first-order chi connectivity index (χ1) is 8.89. The molecule has 1 aromatic heterocycles. The number of benzene rings is 1. The number of carboxylic acids is 1. The predicted octanol–water partition coefficient (Wildman–Crippen LogP) is 3.98. The second-order valence-corrected chi connectivity index (χ2v) is 3.38. The number of carbonyl (C=O) groups is 1. The van der Waals surface area contributed by atoms with Gasteiger partial charge in [-0.05, 0) is 12.1 Å². The highest BCUT2D eigenvalue weighted by Gasteiger charge is 2.34. The molecule has 3 nitrogen and oxygen atoms in total. The Kier molecular flexibility index (Phi) is 4.47. The summed E-state index contributed by atoms with van der Waals surface area (Å²) in [6.07, 6.45) is -4.66. The van der Waals surface area contributed by atoms with Gasteiger partial charge in [0.15, 0.2) is 0 Å². The molecule has 1 N–H and O–H groups in total. The Hall–Kier alpha value is -2.11. The van der Waals surface area contributed by atoms with Gasteiger partial charge >= 0.3 is 12.1 Å². The Morgan fingerprint density at radius 1 is 1.21 bits per heavy atom. The van der Waals surface area contributed by atoms with Gasteiger partial charge in [-0.1, -0.05) is 32.0 Å². The predicted molar refractivity (Wildman–Crippen MR) is 65.1 cm³/mol. The SMILES string of the molecule is CC.O=C(O)c1cc(C(F)(F)F)nc2ccccc12. The summed E-state index contributed by atoms with van der Waals surface area (Å²) >= 11 is 0. The lowest BCUT2D eigenvalue weighted by molar-refractivity contribution is -0.140. The molecular formula is C13H12F3NO2. The zero-order valence-electron chi connectivity index (χ0n) is 10.3. The number of aromatic carboxylic acids is 1. The Labute approximate surface area is 107 Å². The summed E-state index contributed by atoms with van der Waals surface area (Å²) in [6, 6.07) is 6.36. The van der Waals surface area contributed by atoms with Gasteiger partial charge in [-0.15, -0.1) is 0 Å². The van der Waals surface area contributed by atoms with Gasteiger partial charge in [0.1, 0.15) is 5.69 Å². The number of pyridine rings is 1. The normalized spacial score (nSPS) is 10.8. The molecule has 0 saturated heterocycles. The van der Waals surface area contributed by atoms with E-state index in [-0.39, 0.29) is 10.9 Å². The minimum absolute atomic E-state index is 0.0136.